The van der Waals surface area contributed by atoms with Crippen molar-refractivity contribution in [2.45, 2.75) is 39.2 Å². The summed E-state index contributed by atoms with van der Waals surface area (Å²) in [5.74, 6) is -0.643. The molecule has 0 spiro atoms. The molecule has 27 heavy (non-hydrogen) atoms. The number of aliphatic carboxylic acids is 1. The molecule has 6 heteroatoms. The Morgan fingerprint density at radius 3 is 2.44 bits per heavy atom. The van der Waals surface area contributed by atoms with Crippen LogP contribution in [0.25, 0.3) is 0 Å². The van der Waals surface area contributed by atoms with E-state index in [1.165, 1.54) is 5.56 Å². The van der Waals surface area contributed by atoms with Crippen molar-refractivity contribution < 1.29 is 15.0 Å². The molecule has 144 valence electrons. The van der Waals surface area contributed by atoms with E-state index in [-0.39, 0.29) is 0 Å². The van der Waals surface area contributed by atoms with Crippen LogP contribution in [0.3, 0.4) is 0 Å². The second-order valence-corrected chi connectivity index (χ2v) is 8.01. The van der Waals surface area contributed by atoms with Gasteiger partial charge < -0.3 is 15.1 Å². The number of carbonyl (C=O) groups is 1. The fourth-order valence-corrected chi connectivity index (χ4v) is 4.44. The Hall–Kier alpha value is -1.92. The lowest BCUT2D eigenvalue weighted by Crippen LogP contribution is -2.36. The zero-order valence-corrected chi connectivity index (χ0v) is 17.2. The van der Waals surface area contributed by atoms with Crippen molar-refractivity contribution in [1.82, 2.24) is 4.98 Å². The minimum atomic E-state index is -1.58. The number of hydrogen-bond donors (Lipinski definition) is 2. The number of carboxylic acids is 1. The van der Waals surface area contributed by atoms with E-state index in [2.05, 4.69) is 50.1 Å². The molecule has 1 aliphatic rings. The number of aliphatic hydroxyl groups is 1. The Balaban J connectivity index is 1.82. The van der Waals surface area contributed by atoms with Crippen LogP contribution in [0, 0.1) is 19.8 Å². The number of halogens is 1. The lowest BCUT2D eigenvalue weighted by molar-refractivity contribution is -0.147. The fraction of sp³-hybridized carbons (Fsp3) is 0.429. The lowest BCUT2D eigenvalue weighted by Gasteiger charge is -2.36. The first-order valence-corrected chi connectivity index (χ1v) is 10.0. The van der Waals surface area contributed by atoms with Crippen molar-refractivity contribution in [1.29, 1.82) is 0 Å². The van der Waals surface area contributed by atoms with Crippen molar-refractivity contribution >= 4 is 27.6 Å². The monoisotopic (exact) mass is 432 g/mol. The van der Waals surface area contributed by atoms with Gasteiger partial charge in [0.1, 0.15) is 0 Å². The van der Waals surface area contributed by atoms with E-state index >= 15 is 0 Å². The number of anilines is 1. The zero-order valence-electron chi connectivity index (χ0n) is 15.7. The number of aryl methyl sites for hydroxylation is 2. The van der Waals surface area contributed by atoms with Gasteiger partial charge in [0.05, 0.1) is 15.9 Å². The van der Waals surface area contributed by atoms with Crippen molar-refractivity contribution in [3.63, 3.8) is 0 Å². The number of nitrogens with zero attached hydrogens (tertiary/aromatic N) is 2. The molecule has 0 bridgehead atoms. The van der Waals surface area contributed by atoms with E-state index in [4.69, 9.17) is 0 Å². The summed E-state index contributed by atoms with van der Waals surface area (Å²) in [6, 6.07) is 10.5. The number of aromatic nitrogens is 1. The van der Waals surface area contributed by atoms with Crippen LogP contribution in [0.5, 0.6) is 0 Å². The second kappa shape index (κ2) is 8.40. The normalized spacial score (nSPS) is 16.4. The van der Waals surface area contributed by atoms with Gasteiger partial charge >= 0.3 is 5.97 Å². The quantitative estimate of drug-likeness (QED) is 0.745. The molecule has 2 aromatic rings. The van der Waals surface area contributed by atoms with Crippen LogP contribution in [0.2, 0.25) is 0 Å². The van der Waals surface area contributed by atoms with E-state index in [0.717, 1.165) is 48.2 Å². The molecular weight excluding hydrogens is 408 g/mol. The molecule has 0 saturated carbocycles. The third kappa shape index (κ3) is 4.33. The first-order valence-electron chi connectivity index (χ1n) is 9.24. The van der Waals surface area contributed by atoms with Crippen LogP contribution in [0.1, 0.15) is 41.5 Å². The van der Waals surface area contributed by atoms with Gasteiger partial charge in [0.2, 0.25) is 0 Å². The molecule has 1 fully saturated rings. The largest absolute Gasteiger partial charge is 0.479 e. The van der Waals surface area contributed by atoms with Crippen LogP contribution in [0.4, 0.5) is 5.69 Å². The average Bonchev–Trinajstić information content (AvgIpc) is 2.65. The summed E-state index contributed by atoms with van der Waals surface area (Å²) in [7, 11) is 0. The highest BCUT2D eigenvalue weighted by Gasteiger charge is 2.30. The molecule has 0 amide bonds. The first-order chi connectivity index (χ1) is 12.9. The molecule has 5 nitrogen and oxygen atoms in total. The maximum Gasteiger partial charge on any atom is 0.337 e. The SMILES string of the molecule is Cc1nc(C)c(C(O)C(=O)O)c(N2CCC(Cc3ccccc3)CC2)c1Br. The number of carboxylic acid groups (broad SMARTS) is 1. The van der Waals surface area contributed by atoms with Crippen LogP contribution in [-0.4, -0.2) is 34.3 Å². The summed E-state index contributed by atoms with van der Waals surface area (Å²) in [6.07, 6.45) is 1.55. The van der Waals surface area contributed by atoms with Crippen LogP contribution in [0.15, 0.2) is 34.8 Å². The first kappa shape index (κ1) is 19.8. The van der Waals surface area contributed by atoms with Crippen LogP contribution in [-0.2, 0) is 11.2 Å². The summed E-state index contributed by atoms with van der Waals surface area (Å²) >= 11 is 3.58. The lowest BCUT2D eigenvalue weighted by atomic mass is 9.89. The highest BCUT2D eigenvalue weighted by Crippen LogP contribution is 2.39. The van der Waals surface area contributed by atoms with Gasteiger partial charge in [-0.15, -0.1) is 0 Å². The van der Waals surface area contributed by atoms with Gasteiger partial charge in [-0.2, -0.15) is 0 Å². The van der Waals surface area contributed by atoms with Crippen molar-refractivity contribution in [2.75, 3.05) is 18.0 Å². The van der Waals surface area contributed by atoms with Crippen molar-refractivity contribution in [2.24, 2.45) is 5.92 Å². The summed E-state index contributed by atoms with van der Waals surface area (Å²) in [4.78, 5) is 18.0. The molecule has 2 heterocycles. The molecule has 1 unspecified atom stereocenters. The number of pyridine rings is 1. The van der Waals surface area contributed by atoms with E-state index in [9.17, 15) is 15.0 Å². The molecule has 0 aliphatic carbocycles. The number of piperidine rings is 1. The van der Waals surface area contributed by atoms with Crippen LogP contribution >= 0.6 is 15.9 Å². The summed E-state index contributed by atoms with van der Waals surface area (Å²) in [6.45, 7) is 5.31. The van der Waals surface area contributed by atoms with E-state index in [0.29, 0.717) is 17.2 Å². The Morgan fingerprint density at radius 1 is 1.22 bits per heavy atom. The van der Waals surface area contributed by atoms with E-state index in [1.54, 1.807) is 6.92 Å². The van der Waals surface area contributed by atoms with Gasteiger partial charge in [0, 0.05) is 24.3 Å². The summed E-state index contributed by atoms with van der Waals surface area (Å²) in [5.41, 5.74) is 3.88. The fourth-order valence-electron chi connectivity index (χ4n) is 3.89. The number of aliphatic hydroxyl groups excluding tert-OH is 1. The number of hydrogen-bond acceptors (Lipinski definition) is 4. The maximum absolute atomic E-state index is 11.4. The summed E-state index contributed by atoms with van der Waals surface area (Å²) < 4.78 is 0.768. The smallest absolute Gasteiger partial charge is 0.337 e. The van der Waals surface area contributed by atoms with Crippen molar-refractivity contribution in [3.05, 3.63) is 57.3 Å². The van der Waals surface area contributed by atoms with Gasteiger partial charge in [0.25, 0.3) is 0 Å². The minimum Gasteiger partial charge on any atom is -0.479 e. The van der Waals surface area contributed by atoms with Gasteiger partial charge in [0.15, 0.2) is 6.10 Å². The minimum absolute atomic E-state index is 0.390. The molecule has 1 aromatic heterocycles. The summed E-state index contributed by atoms with van der Waals surface area (Å²) in [5, 5.41) is 19.6. The molecule has 1 saturated heterocycles. The molecule has 1 aromatic carbocycles. The Bertz CT molecular complexity index is 818. The van der Waals surface area contributed by atoms with E-state index in [1.807, 2.05) is 13.0 Å². The third-order valence-electron chi connectivity index (χ3n) is 5.31. The third-order valence-corrected chi connectivity index (χ3v) is 6.26. The second-order valence-electron chi connectivity index (χ2n) is 7.22. The molecular formula is C21H25BrN2O3. The predicted octanol–water partition coefficient (Wildman–Crippen LogP) is 4.04. The zero-order chi connectivity index (χ0) is 19.6. The van der Waals surface area contributed by atoms with Gasteiger partial charge in [-0.05, 0) is 60.5 Å². The topological polar surface area (TPSA) is 73.7 Å². The molecule has 0 radical (unpaired) electrons. The van der Waals surface area contributed by atoms with Crippen molar-refractivity contribution in [3.8, 4) is 0 Å². The average molecular weight is 433 g/mol. The molecule has 1 aliphatic heterocycles. The molecule has 2 N–H and O–H groups in total. The standard InChI is InChI=1S/C21H25BrN2O3/c1-13-17(20(25)21(26)27)19(18(22)14(2)23-13)24-10-8-16(9-11-24)12-15-6-4-3-5-7-15/h3-7,16,20,25H,8-12H2,1-2H3,(H,26,27). The Morgan fingerprint density at radius 2 is 1.85 bits per heavy atom. The van der Waals surface area contributed by atoms with Gasteiger partial charge in [-0.1, -0.05) is 30.3 Å². The Kier molecular flexibility index (Phi) is 6.17. The van der Waals surface area contributed by atoms with Crippen LogP contribution < -0.4 is 4.90 Å². The molecule has 1 atom stereocenters. The van der Waals surface area contributed by atoms with E-state index < -0.39 is 12.1 Å². The number of benzene rings is 1. The predicted molar refractivity (Wildman–Crippen MR) is 109 cm³/mol. The number of rotatable bonds is 5. The highest BCUT2D eigenvalue weighted by atomic mass is 79.9. The maximum atomic E-state index is 11.4. The van der Waals surface area contributed by atoms with Gasteiger partial charge in [-0.25, -0.2) is 4.79 Å². The highest BCUT2D eigenvalue weighted by molar-refractivity contribution is 9.10. The Labute approximate surface area is 168 Å². The van der Waals surface area contributed by atoms with Gasteiger partial charge in [-0.3, -0.25) is 4.98 Å². The molecule has 3 rings (SSSR count).